The monoisotopic (exact) mass is 604 g/mol. The number of hydrogen-bond donors (Lipinski definition) is 2. The first-order valence-electron chi connectivity index (χ1n) is 12.7. The molecule has 3 atom stereocenters. The Morgan fingerprint density at radius 3 is 2.23 bits per heavy atom. The van der Waals surface area contributed by atoms with Gasteiger partial charge in [0.05, 0.1) is 16.1 Å². The quantitative estimate of drug-likeness (QED) is 0.424. The highest BCUT2D eigenvalue weighted by molar-refractivity contribution is 6.42. The van der Waals surface area contributed by atoms with Gasteiger partial charge in [0.2, 0.25) is 11.8 Å². The van der Waals surface area contributed by atoms with Gasteiger partial charge in [-0.05, 0) is 48.2 Å². The molecule has 2 aromatic rings. The topological polar surface area (TPSA) is 81.8 Å². The molecule has 3 amide bonds. The molecule has 40 heavy (non-hydrogen) atoms. The first-order valence-corrected chi connectivity index (χ1v) is 13.4. The van der Waals surface area contributed by atoms with E-state index in [0.717, 1.165) is 17.7 Å². The van der Waals surface area contributed by atoms with Gasteiger partial charge in [-0.3, -0.25) is 19.3 Å². The zero-order chi connectivity index (χ0) is 29.6. The van der Waals surface area contributed by atoms with Crippen LogP contribution in [-0.4, -0.2) is 78.5 Å². The van der Waals surface area contributed by atoms with Crippen LogP contribution >= 0.6 is 23.2 Å². The van der Waals surface area contributed by atoms with Crippen LogP contribution in [0.3, 0.4) is 0 Å². The zero-order valence-corrected chi connectivity index (χ0v) is 23.4. The fraction of sp³-hybridized carbons (Fsp3) is 0.444. The van der Waals surface area contributed by atoms with Crippen molar-refractivity contribution in [3.63, 3.8) is 0 Å². The number of alkyl halides is 3. The highest BCUT2D eigenvalue weighted by atomic mass is 35.5. The Labute approximate surface area is 239 Å². The van der Waals surface area contributed by atoms with Gasteiger partial charge in [0, 0.05) is 39.1 Å². The van der Waals surface area contributed by atoms with E-state index in [1.807, 2.05) is 17.1 Å². The summed E-state index contributed by atoms with van der Waals surface area (Å²) >= 11 is 12.2. The summed E-state index contributed by atoms with van der Waals surface area (Å²) in [5.41, 5.74) is 1.17. The van der Waals surface area contributed by atoms with Crippen molar-refractivity contribution in [3.8, 4) is 0 Å². The number of carbonyl (C=O) groups is 3. The van der Waals surface area contributed by atoms with E-state index < -0.39 is 41.9 Å². The molecule has 1 aliphatic rings. The van der Waals surface area contributed by atoms with Crippen LogP contribution in [0.4, 0.5) is 17.6 Å². The summed E-state index contributed by atoms with van der Waals surface area (Å²) in [6.07, 6.45) is -4.67. The van der Waals surface area contributed by atoms with Crippen LogP contribution in [-0.2, 0) is 27.2 Å². The Balaban J connectivity index is 1.81. The fourth-order valence-corrected chi connectivity index (χ4v) is 5.06. The van der Waals surface area contributed by atoms with Crippen LogP contribution in [0.5, 0.6) is 0 Å². The van der Waals surface area contributed by atoms with Crippen molar-refractivity contribution in [3.05, 3.63) is 69.5 Å². The van der Waals surface area contributed by atoms with Crippen LogP contribution in [0, 0.1) is 5.82 Å². The number of nitrogens with one attached hydrogen (secondary N) is 2. The number of halogens is 6. The van der Waals surface area contributed by atoms with Gasteiger partial charge in [-0.25, -0.2) is 4.39 Å². The van der Waals surface area contributed by atoms with Gasteiger partial charge >= 0.3 is 12.1 Å². The molecule has 1 saturated heterocycles. The number of carbonyl (C=O) groups excluding carboxylic acids is 3. The summed E-state index contributed by atoms with van der Waals surface area (Å²) < 4.78 is 52.6. The van der Waals surface area contributed by atoms with Gasteiger partial charge in [-0.15, -0.1) is 0 Å². The molecular formula is C27H30Cl2F4N4O3. The number of amides is 3. The first kappa shape index (κ1) is 31.6. The van der Waals surface area contributed by atoms with Gasteiger partial charge in [-0.1, -0.05) is 48.3 Å². The molecule has 0 aliphatic carbocycles. The molecule has 0 saturated carbocycles. The standard InChI is InChI=1S/C27H30Cl2F4N4O3/c1-3-19-15-36(23(24(38)34-2)14-17-6-9-20(28)21(29)12-17)10-11-37(19)25(39)22(35-26(40)27(31,32)33)13-16-4-7-18(30)8-5-16/h4-9,12,19,22-23H,3,10-11,13-15H2,1-2H3,(H,34,38)(H,35,40). The fourth-order valence-electron chi connectivity index (χ4n) is 4.74. The van der Waals surface area contributed by atoms with Crippen LogP contribution in [0.25, 0.3) is 0 Å². The van der Waals surface area contributed by atoms with E-state index in [9.17, 15) is 31.9 Å². The molecule has 0 radical (unpaired) electrons. The van der Waals surface area contributed by atoms with E-state index in [2.05, 4.69) is 5.32 Å². The molecule has 13 heteroatoms. The first-order chi connectivity index (χ1) is 18.8. The van der Waals surface area contributed by atoms with Crippen LogP contribution in [0.2, 0.25) is 10.0 Å². The minimum Gasteiger partial charge on any atom is -0.358 e. The Morgan fingerprint density at radius 2 is 1.65 bits per heavy atom. The van der Waals surface area contributed by atoms with Crippen molar-refractivity contribution < 1.29 is 31.9 Å². The van der Waals surface area contributed by atoms with Crippen molar-refractivity contribution in [1.82, 2.24) is 20.4 Å². The second-order valence-corrected chi connectivity index (χ2v) is 10.3. The van der Waals surface area contributed by atoms with Crippen molar-refractivity contribution in [1.29, 1.82) is 0 Å². The Morgan fingerprint density at radius 1 is 1.00 bits per heavy atom. The normalized spacial score (nSPS) is 17.7. The average Bonchev–Trinajstić information content (AvgIpc) is 2.92. The third kappa shape index (κ3) is 8.08. The molecule has 7 nitrogen and oxygen atoms in total. The van der Waals surface area contributed by atoms with Gasteiger partial charge < -0.3 is 15.5 Å². The van der Waals surface area contributed by atoms with E-state index in [0.29, 0.717) is 28.5 Å². The van der Waals surface area contributed by atoms with E-state index in [-0.39, 0.29) is 32.0 Å². The van der Waals surface area contributed by atoms with Crippen LogP contribution < -0.4 is 10.6 Å². The van der Waals surface area contributed by atoms with Gasteiger partial charge in [0.25, 0.3) is 0 Å². The summed E-state index contributed by atoms with van der Waals surface area (Å²) in [6, 6.07) is 7.47. The van der Waals surface area contributed by atoms with Crippen molar-refractivity contribution in [2.75, 3.05) is 26.7 Å². The molecule has 1 aliphatic heterocycles. The maximum atomic E-state index is 13.6. The third-order valence-corrected chi connectivity index (χ3v) is 7.62. The molecule has 2 N–H and O–H groups in total. The Bertz CT molecular complexity index is 1210. The Hall–Kier alpha value is -2.89. The summed E-state index contributed by atoms with van der Waals surface area (Å²) in [4.78, 5) is 41.6. The van der Waals surface area contributed by atoms with E-state index in [1.165, 1.54) is 24.1 Å². The number of piperazine rings is 1. The molecular weight excluding hydrogens is 575 g/mol. The molecule has 3 unspecified atom stereocenters. The minimum absolute atomic E-state index is 0.119. The lowest BCUT2D eigenvalue weighted by molar-refractivity contribution is -0.175. The molecule has 1 heterocycles. The van der Waals surface area contributed by atoms with E-state index in [1.54, 1.807) is 18.2 Å². The minimum atomic E-state index is -5.19. The summed E-state index contributed by atoms with van der Waals surface area (Å²) in [5.74, 6) is -3.71. The number of rotatable bonds is 9. The lowest BCUT2D eigenvalue weighted by Gasteiger charge is -2.44. The zero-order valence-electron chi connectivity index (χ0n) is 21.9. The van der Waals surface area contributed by atoms with Crippen molar-refractivity contribution in [2.24, 2.45) is 0 Å². The number of likely N-dealkylation sites (N-methyl/N-ethyl adjacent to an activating group) is 1. The average molecular weight is 605 g/mol. The molecule has 2 aromatic carbocycles. The van der Waals surface area contributed by atoms with Gasteiger partial charge in [0.1, 0.15) is 11.9 Å². The number of hydrogen-bond acceptors (Lipinski definition) is 4. The smallest absolute Gasteiger partial charge is 0.358 e. The van der Waals surface area contributed by atoms with Crippen molar-refractivity contribution in [2.45, 2.75) is 50.5 Å². The van der Waals surface area contributed by atoms with Crippen LogP contribution in [0.1, 0.15) is 24.5 Å². The second-order valence-electron chi connectivity index (χ2n) is 9.53. The van der Waals surface area contributed by atoms with Gasteiger partial charge in [-0.2, -0.15) is 13.2 Å². The maximum Gasteiger partial charge on any atom is 0.471 e. The second kappa shape index (κ2) is 13.6. The van der Waals surface area contributed by atoms with Crippen LogP contribution in [0.15, 0.2) is 42.5 Å². The number of benzene rings is 2. The molecule has 218 valence electrons. The van der Waals surface area contributed by atoms with Gasteiger partial charge in [0.15, 0.2) is 0 Å². The molecule has 0 spiro atoms. The lowest BCUT2D eigenvalue weighted by atomic mass is 9.99. The summed E-state index contributed by atoms with van der Waals surface area (Å²) in [7, 11) is 1.52. The lowest BCUT2D eigenvalue weighted by Crippen LogP contribution is -2.63. The summed E-state index contributed by atoms with van der Waals surface area (Å²) in [5, 5.41) is 5.21. The van der Waals surface area contributed by atoms with E-state index >= 15 is 0 Å². The number of nitrogens with zero attached hydrogens (tertiary/aromatic N) is 2. The molecule has 0 bridgehead atoms. The van der Waals surface area contributed by atoms with E-state index in [4.69, 9.17) is 23.2 Å². The highest BCUT2D eigenvalue weighted by Gasteiger charge is 2.43. The predicted octanol–water partition coefficient (Wildman–Crippen LogP) is 4.00. The molecule has 0 aromatic heterocycles. The van der Waals surface area contributed by atoms with Crippen molar-refractivity contribution >= 4 is 40.9 Å². The third-order valence-electron chi connectivity index (χ3n) is 6.89. The molecule has 1 fully saturated rings. The maximum absolute atomic E-state index is 13.6. The Kier molecular flexibility index (Phi) is 10.8. The predicted molar refractivity (Wildman–Crippen MR) is 143 cm³/mol. The highest BCUT2D eigenvalue weighted by Crippen LogP contribution is 2.25. The molecule has 3 rings (SSSR count). The SMILES string of the molecule is CCC1CN(C(Cc2ccc(Cl)c(Cl)c2)C(=O)NC)CCN1C(=O)C(Cc1ccc(F)cc1)NC(=O)C(F)(F)F. The summed E-state index contributed by atoms with van der Waals surface area (Å²) in [6.45, 7) is 2.48. The largest absolute Gasteiger partial charge is 0.471 e.